The summed E-state index contributed by atoms with van der Waals surface area (Å²) in [7, 11) is 2.18. The van der Waals surface area contributed by atoms with Crippen molar-refractivity contribution in [2.75, 3.05) is 82.8 Å². The smallest absolute Gasteiger partial charge is 0.161 e. The Morgan fingerprint density at radius 1 is 0.966 bits per heavy atom. The standard InChI is InChI=1S/C22H32N6O/c1-26-11-13-28(14-12-26)20-5-3-19(4-6-20)22-24-9-7-21(25-22)23-8-2-10-27-15-17-29-18-16-27/h3-7,9H,2,8,10-18H2,1H3,(H,23,24,25). The molecule has 2 aromatic rings. The van der Waals surface area contributed by atoms with Crippen molar-refractivity contribution in [3.05, 3.63) is 36.5 Å². The van der Waals surface area contributed by atoms with E-state index in [2.05, 4.69) is 56.3 Å². The van der Waals surface area contributed by atoms with Crippen LogP contribution in [0.25, 0.3) is 11.4 Å². The highest BCUT2D eigenvalue weighted by Gasteiger charge is 2.14. The Kier molecular flexibility index (Phi) is 6.92. The van der Waals surface area contributed by atoms with Gasteiger partial charge in [-0.25, -0.2) is 9.97 Å². The van der Waals surface area contributed by atoms with E-state index < -0.39 is 0 Å². The summed E-state index contributed by atoms with van der Waals surface area (Å²) in [5, 5.41) is 3.44. The van der Waals surface area contributed by atoms with Crippen LogP contribution in [0, 0.1) is 0 Å². The van der Waals surface area contributed by atoms with E-state index in [-0.39, 0.29) is 0 Å². The number of anilines is 2. The maximum Gasteiger partial charge on any atom is 0.161 e. The van der Waals surface area contributed by atoms with Crippen molar-refractivity contribution < 1.29 is 4.74 Å². The molecule has 2 saturated heterocycles. The number of nitrogens with one attached hydrogen (secondary N) is 1. The molecular formula is C22H32N6O. The summed E-state index contributed by atoms with van der Waals surface area (Å²) in [6, 6.07) is 10.6. The first kappa shape index (κ1) is 20.1. The average Bonchev–Trinajstić information content (AvgIpc) is 2.78. The van der Waals surface area contributed by atoms with Gasteiger partial charge in [0.2, 0.25) is 0 Å². The Labute approximate surface area is 173 Å². The minimum absolute atomic E-state index is 0.771. The molecule has 29 heavy (non-hydrogen) atoms. The minimum Gasteiger partial charge on any atom is -0.379 e. The predicted octanol–water partition coefficient (Wildman–Crippen LogP) is 2.03. The lowest BCUT2D eigenvalue weighted by Crippen LogP contribution is -2.44. The van der Waals surface area contributed by atoms with E-state index in [9.17, 15) is 0 Å². The van der Waals surface area contributed by atoms with Crippen LogP contribution < -0.4 is 10.2 Å². The maximum absolute atomic E-state index is 5.40. The van der Waals surface area contributed by atoms with Gasteiger partial charge >= 0.3 is 0 Å². The number of morpholine rings is 1. The molecule has 0 spiro atoms. The van der Waals surface area contributed by atoms with Gasteiger partial charge in [-0.3, -0.25) is 4.90 Å². The third-order valence-electron chi connectivity index (χ3n) is 5.71. The van der Waals surface area contributed by atoms with Gasteiger partial charge in [0.05, 0.1) is 13.2 Å². The normalized spacial score (nSPS) is 18.7. The summed E-state index contributed by atoms with van der Waals surface area (Å²) in [5.41, 5.74) is 2.33. The Bertz CT molecular complexity index is 754. The monoisotopic (exact) mass is 396 g/mol. The fourth-order valence-corrected chi connectivity index (χ4v) is 3.83. The van der Waals surface area contributed by atoms with Crippen LogP contribution in [0.2, 0.25) is 0 Å². The first-order chi connectivity index (χ1) is 14.3. The van der Waals surface area contributed by atoms with Crippen LogP contribution >= 0.6 is 0 Å². The largest absolute Gasteiger partial charge is 0.379 e. The molecule has 3 heterocycles. The number of rotatable bonds is 7. The number of hydrogen-bond acceptors (Lipinski definition) is 7. The summed E-state index contributed by atoms with van der Waals surface area (Å²) in [5.74, 6) is 1.66. The van der Waals surface area contributed by atoms with Crippen LogP contribution in [0.5, 0.6) is 0 Å². The molecule has 2 aliphatic rings. The Morgan fingerprint density at radius 2 is 1.72 bits per heavy atom. The molecule has 0 radical (unpaired) electrons. The van der Waals surface area contributed by atoms with Gasteiger partial charge in [-0.15, -0.1) is 0 Å². The molecular weight excluding hydrogens is 364 g/mol. The molecule has 4 rings (SSSR count). The number of hydrogen-bond donors (Lipinski definition) is 1. The fourth-order valence-electron chi connectivity index (χ4n) is 3.83. The van der Waals surface area contributed by atoms with Crippen molar-refractivity contribution in [3.8, 4) is 11.4 Å². The SMILES string of the molecule is CN1CCN(c2ccc(-c3nccc(NCCCN4CCOCC4)n3)cc2)CC1. The van der Waals surface area contributed by atoms with Gasteiger partial charge in [0.15, 0.2) is 5.82 Å². The first-order valence-corrected chi connectivity index (χ1v) is 10.7. The Balaban J connectivity index is 1.29. The van der Waals surface area contributed by atoms with Crippen LogP contribution in [0.15, 0.2) is 36.5 Å². The molecule has 7 heteroatoms. The molecule has 7 nitrogen and oxygen atoms in total. The Morgan fingerprint density at radius 3 is 2.48 bits per heavy atom. The summed E-state index contributed by atoms with van der Waals surface area (Å²) in [6.07, 6.45) is 2.93. The van der Waals surface area contributed by atoms with Gasteiger partial charge in [0.1, 0.15) is 5.82 Å². The van der Waals surface area contributed by atoms with Crippen molar-refractivity contribution in [2.45, 2.75) is 6.42 Å². The van der Waals surface area contributed by atoms with Crippen LogP contribution in [0.3, 0.4) is 0 Å². The van der Waals surface area contributed by atoms with Gasteiger partial charge in [-0.05, 0) is 50.3 Å². The Hall–Kier alpha value is -2.22. The third kappa shape index (κ3) is 5.65. The molecule has 0 bridgehead atoms. The fraction of sp³-hybridized carbons (Fsp3) is 0.545. The third-order valence-corrected chi connectivity index (χ3v) is 5.71. The number of aromatic nitrogens is 2. The van der Waals surface area contributed by atoms with Crippen LogP contribution in [-0.4, -0.2) is 92.4 Å². The highest BCUT2D eigenvalue weighted by Crippen LogP contribution is 2.22. The zero-order chi connectivity index (χ0) is 19.9. The molecule has 1 aromatic carbocycles. The van der Waals surface area contributed by atoms with E-state index in [1.807, 2.05) is 12.3 Å². The first-order valence-electron chi connectivity index (χ1n) is 10.7. The highest BCUT2D eigenvalue weighted by atomic mass is 16.5. The van der Waals surface area contributed by atoms with E-state index in [1.54, 1.807) is 0 Å². The number of benzene rings is 1. The van der Waals surface area contributed by atoms with Gasteiger partial charge < -0.3 is 19.9 Å². The molecule has 1 N–H and O–H groups in total. The number of piperazine rings is 1. The minimum atomic E-state index is 0.771. The second kappa shape index (κ2) is 10.0. The lowest BCUT2D eigenvalue weighted by Gasteiger charge is -2.34. The van der Waals surface area contributed by atoms with Crippen molar-refractivity contribution in [2.24, 2.45) is 0 Å². The van der Waals surface area contributed by atoms with Crippen molar-refractivity contribution in [3.63, 3.8) is 0 Å². The van der Waals surface area contributed by atoms with E-state index in [0.717, 1.165) is 89.2 Å². The zero-order valence-electron chi connectivity index (χ0n) is 17.4. The van der Waals surface area contributed by atoms with Gasteiger partial charge in [-0.1, -0.05) is 0 Å². The second-order valence-electron chi connectivity index (χ2n) is 7.84. The van der Waals surface area contributed by atoms with Gasteiger partial charge in [0.25, 0.3) is 0 Å². The van der Waals surface area contributed by atoms with Crippen LogP contribution in [0.1, 0.15) is 6.42 Å². The predicted molar refractivity (Wildman–Crippen MR) is 118 cm³/mol. The number of ether oxygens (including phenoxy) is 1. The van der Waals surface area contributed by atoms with E-state index in [4.69, 9.17) is 9.72 Å². The number of likely N-dealkylation sites (N-methyl/N-ethyl adjacent to an activating group) is 1. The summed E-state index contributed by atoms with van der Waals surface area (Å²) < 4.78 is 5.40. The number of nitrogens with zero attached hydrogens (tertiary/aromatic N) is 5. The summed E-state index contributed by atoms with van der Waals surface area (Å²) >= 11 is 0. The quantitative estimate of drug-likeness (QED) is 0.719. The maximum atomic E-state index is 5.40. The van der Waals surface area contributed by atoms with Crippen molar-refractivity contribution in [1.82, 2.24) is 19.8 Å². The molecule has 0 unspecified atom stereocenters. The summed E-state index contributed by atoms with van der Waals surface area (Å²) in [6.45, 7) is 10.2. The van der Waals surface area contributed by atoms with E-state index >= 15 is 0 Å². The molecule has 1 aromatic heterocycles. The topological polar surface area (TPSA) is 56.8 Å². The molecule has 2 aliphatic heterocycles. The van der Waals surface area contributed by atoms with Crippen LogP contribution in [0.4, 0.5) is 11.5 Å². The second-order valence-corrected chi connectivity index (χ2v) is 7.84. The summed E-state index contributed by atoms with van der Waals surface area (Å²) in [4.78, 5) is 16.4. The van der Waals surface area contributed by atoms with Gasteiger partial charge in [-0.2, -0.15) is 0 Å². The molecule has 0 saturated carbocycles. The van der Waals surface area contributed by atoms with E-state index in [0.29, 0.717) is 0 Å². The lowest BCUT2D eigenvalue weighted by atomic mass is 10.1. The molecule has 2 fully saturated rings. The van der Waals surface area contributed by atoms with Crippen molar-refractivity contribution >= 4 is 11.5 Å². The average molecular weight is 397 g/mol. The molecule has 0 amide bonds. The zero-order valence-corrected chi connectivity index (χ0v) is 17.4. The molecule has 0 aliphatic carbocycles. The lowest BCUT2D eigenvalue weighted by molar-refractivity contribution is 0.0378. The van der Waals surface area contributed by atoms with E-state index in [1.165, 1.54) is 5.69 Å². The van der Waals surface area contributed by atoms with Gasteiger partial charge in [0, 0.05) is 63.3 Å². The van der Waals surface area contributed by atoms with Crippen molar-refractivity contribution in [1.29, 1.82) is 0 Å². The molecule has 156 valence electrons. The highest BCUT2D eigenvalue weighted by molar-refractivity contribution is 5.61. The molecule has 0 atom stereocenters. The van der Waals surface area contributed by atoms with Crippen LogP contribution in [-0.2, 0) is 4.74 Å².